The molecule has 0 aliphatic heterocycles. The number of nitrogens with one attached hydrogen (secondary N) is 3. The fraction of sp³-hybridized carbons (Fsp3) is 0.429. The first kappa shape index (κ1) is 21.7. The highest BCUT2D eigenvalue weighted by Gasteiger charge is 2.03. The van der Waals surface area contributed by atoms with Crippen molar-refractivity contribution in [2.45, 2.75) is 0 Å². The first-order valence-electron chi connectivity index (χ1n) is 4.10. The number of carboxylic acid groups (broad SMARTS) is 1. The molecule has 0 spiro atoms. The van der Waals surface area contributed by atoms with E-state index in [1.807, 2.05) is 5.32 Å². The fourth-order valence-corrected chi connectivity index (χ4v) is 0.771. The summed E-state index contributed by atoms with van der Waals surface area (Å²) in [5.41, 5.74) is 0. The van der Waals surface area contributed by atoms with E-state index in [0.29, 0.717) is 0 Å². The van der Waals surface area contributed by atoms with Gasteiger partial charge in [-0.05, 0) is 0 Å². The second kappa shape index (κ2) is 11.9. The first-order chi connectivity index (χ1) is 7.41. The predicted octanol–water partition coefficient (Wildman–Crippen LogP) is -2.86. The third-order valence-electron chi connectivity index (χ3n) is 1.27. The minimum atomic E-state index is -1.40. The lowest BCUT2D eigenvalue weighted by Gasteiger charge is -2.10. The molecule has 0 aliphatic carbocycles. The molecule has 18 heavy (non-hydrogen) atoms. The van der Waals surface area contributed by atoms with E-state index in [2.05, 4.69) is 35.5 Å². The van der Waals surface area contributed by atoms with Crippen LogP contribution in [0.4, 0.5) is 0 Å². The van der Waals surface area contributed by atoms with Gasteiger partial charge in [0.25, 0.3) is 0 Å². The van der Waals surface area contributed by atoms with Crippen LogP contribution >= 0.6 is 12.2 Å². The average Bonchev–Trinajstić information content (AvgIpc) is 2.20. The number of hydrogen-bond donors (Lipinski definition) is 5. The van der Waals surface area contributed by atoms with Crippen LogP contribution in [0.5, 0.6) is 0 Å². The maximum Gasteiger partial charge on any atom is 0.239 e. The van der Waals surface area contributed by atoms with E-state index in [1.54, 1.807) is 0 Å². The molecule has 0 radical (unpaired) electrons. The van der Waals surface area contributed by atoms with Gasteiger partial charge < -0.3 is 63.0 Å². The predicted molar refractivity (Wildman–Crippen MR) is 71.0 cm³/mol. The summed E-state index contributed by atoms with van der Waals surface area (Å²) in [4.78, 5) is 31.9. The molecule has 106 valence electrons. The van der Waals surface area contributed by atoms with Gasteiger partial charge in [0.1, 0.15) is 0 Å². The summed E-state index contributed by atoms with van der Waals surface area (Å²) < 4.78 is 0.0524. The Morgan fingerprint density at radius 3 is 1.72 bits per heavy atom. The van der Waals surface area contributed by atoms with Crippen LogP contribution in [0.25, 0.3) is 0 Å². The van der Waals surface area contributed by atoms with E-state index in [-0.39, 0.29) is 29.7 Å². The maximum atomic E-state index is 11.0. The van der Waals surface area contributed by atoms with Crippen LogP contribution in [-0.4, -0.2) is 41.7 Å². The fourth-order valence-electron chi connectivity index (χ4n) is 0.627. The monoisotopic (exact) mass is 299 g/mol. The summed E-state index contributed by atoms with van der Waals surface area (Å²) in [6, 6.07) is 0. The molecular weight excluding hydrogens is 282 g/mol. The van der Waals surface area contributed by atoms with Crippen LogP contribution in [0.15, 0.2) is 0 Å². The molecule has 0 unspecified atom stereocenters. The Balaban J connectivity index is -0.00000112. The van der Waals surface area contributed by atoms with Gasteiger partial charge in [-0.2, -0.15) is 0 Å². The lowest BCUT2D eigenvalue weighted by molar-refractivity contribution is -0.304. The number of amides is 2. The van der Waals surface area contributed by atoms with Crippen molar-refractivity contribution in [3.63, 3.8) is 0 Å². The Morgan fingerprint density at radius 2 is 1.33 bits per heavy atom. The lowest BCUT2D eigenvalue weighted by Crippen LogP contribution is -2.44. The molecule has 9 nitrogen and oxygen atoms in total. The molecule has 0 fully saturated rings. The summed E-state index contributed by atoms with van der Waals surface area (Å²) in [7, 11) is 0. The van der Waals surface area contributed by atoms with Crippen molar-refractivity contribution in [1.29, 1.82) is 0 Å². The second-order valence-electron chi connectivity index (χ2n) is 2.57. The minimum Gasteiger partial charge on any atom is -0.548 e. The number of rotatable bonds is 6. The number of thiocarbonyl (C=S) groups is 1. The number of quaternary nitrogens is 2. The molecule has 0 aromatic heterocycles. The topological polar surface area (TPSA) is 183 Å². The summed E-state index contributed by atoms with van der Waals surface area (Å²) in [5, 5.41) is 16.6. The first-order valence-corrected chi connectivity index (χ1v) is 4.91. The summed E-state index contributed by atoms with van der Waals surface area (Å²) in [6.45, 7) is -1.04. The standard InChI is InChI=1S/C7H11N3O4S2.2H3N/c11-4(9-3-6(13)14)1-8-5(12)2-10-7(15)16;;/h1-3H2,(H,8,12)(H,9,11)(H,13,14)(H2,10,15,16);2*1H3. The van der Waals surface area contributed by atoms with E-state index in [4.69, 9.17) is 0 Å². The van der Waals surface area contributed by atoms with Crippen LogP contribution < -0.4 is 33.4 Å². The molecule has 2 amide bonds. The van der Waals surface area contributed by atoms with E-state index in [0.717, 1.165) is 0 Å². The highest BCUT2D eigenvalue weighted by atomic mass is 32.1. The molecule has 0 aromatic carbocycles. The van der Waals surface area contributed by atoms with Crippen LogP contribution in [0.2, 0.25) is 0 Å². The van der Waals surface area contributed by atoms with E-state index in [1.165, 1.54) is 0 Å². The Kier molecular flexibility index (Phi) is 14.4. The molecule has 0 saturated carbocycles. The Morgan fingerprint density at radius 1 is 0.944 bits per heavy atom. The molecular formula is C7H17N5O4S2. The number of carbonyl (C=O) groups excluding carboxylic acids is 3. The van der Waals surface area contributed by atoms with Gasteiger partial charge in [0.05, 0.1) is 25.6 Å². The number of hydrogen-bond acceptors (Lipinski definition) is 6. The zero-order valence-electron chi connectivity index (χ0n) is 10.1. The summed E-state index contributed by atoms with van der Waals surface area (Å²) in [6.07, 6.45) is 0. The molecule has 11 N–H and O–H groups in total. The third kappa shape index (κ3) is 14.4. The normalized spacial score (nSPS) is 8.00. The van der Waals surface area contributed by atoms with Crippen molar-refractivity contribution in [3.8, 4) is 0 Å². The number of carboxylic acids is 1. The molecule has 0 heterocycles. The zero-order chi connectivity index (χ0) is 12.6. The van der Waals surface area contributed by atoms with Gasteiger partial charge in [0.2, 0.25) is 11.8 Å². The van der Waals surface area contributed by atoms with Gasteiger partial charge in [-0.1, -0.05) is 4.32 Å². The van der Waals surface area contributed by atoms with Gasteiger partial charge in [0, 0.05) is 0 Å². The molecule has 0 rings (SSSR count). The van der Waals surface area contributed by atoms with Gasteiger partial charge in [-0.25, -0.2) is 0 Å². The maximum absolute atomic E-state index is 11.0. The Labute approximate surface area is 115 Å². The minimum absolute atomic E-state index is 0. The SMILES string of the molecule is O=C([O-])CNC(=O)CNC(=O)CNC(=S)[S-].[NH4+].[NH4+]. The largest absolute Gasteiger partial charge is 0.548 e. The van der Waals surface area contributed by atoms with Gasteiger partial charge >= 0.3 is 0 Å². The van der Waals surface area contributed by atoms with E-state index in [9.17, 15) is 19.5 Å². The Hall–Kier alpha value is -1.56. The quantitative estimate of drug-likeness (QED) is 0.258. The summed E-state index contributed by atoms with van der Waals surface area (Å²) >= 11 is 8.98. The Bertz CT molecular complexity index is 282. The van der Waals surface area contributed by atoms with Gasteiger partial charge in [-0.15, -0.1) is 0 Å². The van der Waals surface area contributed by atoms with Crippen molar-refractivity contribution in [1.82, 2.24) is 28.3 Å². The van der Waals surface area contributed by atoms with Crippen LogP contribution in [0, 0.1) is 0 Å². The second-order valence-corrected chi connectivity index (χ2v) is 3.64. The number of carbonyl (C=O) groups is 3. The number of aliphatic carboxylic acids is 1. The average molecular weight is 299 g/mol. The smallest absolute Gasteiger partial charge is 0.239 e. The van der Waals surface area contributed by atoms with E-state index < -0.39 is 24.3 Å². The lowest BCUT2D eigenvalue weighted by atomic mass is 10.5. The van der Waals surface area contributed by atoms with Crippen molar-refractivity contribution in [3.05, 3.63) is 0 Å². The highest BCUT2D eigenvalue weighted by molar-refractivity contribution is 8.00. The molecule has 0 bridgehead atoms. The third-order valence-corrected chi connectivity index (χ3v) is 1.56. The zero-order valence-corrected chi connectivity index (χ0v) is 11.7. The van der Waals surface area contributed by atoms with E-state index >= 15 is 0 Å². The molecule has 0 aliphatic rings. The molecule has 11 heteroatoms. The van der Waals surface area contributed by atoms with Crippen LogP contribution in [-0.2, 0) is 27.0 Å². The van der Waals surface area contributed by atoms with Crippen LogP contribution in [0.3, 0.4) is 0 Å². The molecule has 0 saturated heterocycles. The van der Waals surface area contributed by atoms with Crippen molar-refractivity contribution >= 4 is 47.0 Å². The molecule has 0 aromatic rings. The van der Waals surface area contributed by atoms with Gasteiger partial charge in [0.15, 0.2) is 0 Å². The van der Waals surface area contributed by atoms with Crippen molar-refractivity contribution < 1.29 is 19.5 Å². The highest BCUT2D eigenvalue weighted by Crippen LogP contribution is 1.69. The molecule has 0 atom stereocenters. The van der Waals surface area contributed by atoms with Crippen molar-refractivity contribution in [2.24, 2.45) is 0 Å². The van der Waals surface area contributed by atoms with Crippen molar-refractivity contribution in [2.75, 3.05) is 19.6 Å². The van der Waals surface area contributed by atoms with Gasteiger partial charge in [-0.3, -0.25) is 9.59 Å². The summed E-state index contributed by atoms with van der Waals surface area (Å²) in [5.74, 6) is -2.51. The van der Waals surface area contributed by atoms with Crippen LogP contribution in [0.1, 0.15) is 0 Å².